The molecule has 0 spiro atoms. The van der Waals surface area contributed by atoms with Crippen LogP contribution in [0.4, 0.5) is 19.0 Å². The topological polar surface area (TPSA) is 85.5 Å². The Morgan fingerprint density at radius 2 is 1.83 bits per heavy atom. The van der Waals surface area contributed by atoms with Crippen molar-refractivity contribution < 1.29 is 27.8 Å². The molecule has 3 aromatic rings. The minimum atomic E-state index is -4.58. The summed E-state index contributed by atoms with van der Waals surface area (Å²) in [6.45, 7) is 2.14. The van der Waals surface area contributed by atoms with Gasteiger partial charge in [0.15, 0.2) is 22.8 Å². The molecule has 1 atom stereocenters. The van der Waals surface area contributed by atoms with E-state index in [1.807, 2.05) is 4.90 Å². The number of ether oxygens (including phenoxy) is 2. The Morgan fingerprint density at radius 3 is 2.57 bits per heavy atom. The van der Waals surface area contributed by atoms with E-state index in [4.69, 9.17) is 9.47 Å². The van der Waals surface area contributed by atoms with Crippen LogP contribution in [0.15, 0.2) is 24.3 Å². The maximum absolute atomic E-state index is 13.5. The largest absolute Gasteiger partial charge is 0.508 e. The van der Waals surface area contributed by atoms with Crippen LogP contribution in [0, 0.1) is 0 Å². The van der Waals surface area contributed by atoms with Gasteiger partial charge in [0, 0.05) is 25.2 Å². The lowest BCUT2D eigenvalue weighted by Crippen LogP contribution is -2.37. The van der Waals surface area contributed by atoms with Crippen LogP contribution in [0.2, 0.25) is 0 Å². The van der Waals surface area contributed by atoms with Crippen LogP contribution in [0.3, 0.4) is 0 Å². The predicted octanol–water partition coefficient (Wildman–Crippen LogP) is 2.67. The Kier molecular flexibility index (Phi) is 4.51. The van der Waals surface area contributed by atoms with E-state index >= 15 is 0 Å². The van der Waals surface area contributed by atoms with Gasteiger partial charge in [0.05, 0.1) is 19.8 Å². The molecular formula is C19H18F3N5O3. The van der Waals surface area contributed by atoms with Crippen LogP contribution >= 0.6 is 0 Å². The molecule has 2 aliphatic rings. The number of nitrogens with zero attached hydrogens (tertiary/aromatic N) is 5. The zero-order valence-corrected chi connectivity index (χ0v) is 15.8. The maximum Gasteiger partial charge on any atom is 0.421 e. The fourth-order valence-corrected chi connectivity index (χ4v) is 3.77. The van der Waals surface area contributed by atoms with Crippen molar-refractivity contribution in [1.82, 2.24) is 19.5 Å². The lowest BCUT2D eigenvalue weighted by atomic mass is 10.2. The van der Waals surface area contributed by atoms with Crippen molar-refractivity contribution in [3.05, 3.63) is 30.1 Å². The summed E-state index contributed by atoms with van der Waals surface area (Å²) >= 11 is 0. The summed E-state index contributed by atoms with van der Waals surface area (Å²) in [6, 6.07) is 6.43. The van der Waals surface area contributed by atoms with Gasteiger partial charge in [0.2, 0.25) is 6.10 Å². The molecule has 2 aromatic heterocycles. The van der Waals surface area contributed by atoms with Crippen molar-refractivity contribution >= 4 is 17.0 Å². The van der Waals surface area contributed by atoms with Gasteiger partial charge in [0.1, 0.15) is 11.6 Å². The molecule has 4 heterocycles. The molecule has 8 nitrogen and oxygen atoms in total. The first-order chi connectivity index (χ1) is 14.4. The van der Waals surface area contributed by atoms with Crippen molar-refractivity contribution in [1.29, 1.82) is 0 Å². The third-order valence-corrected chi connectivity index (χ3v) is 5.15. The van der Waals surface area contributed by atoms with Gasteiger partial charge >= 0.3 is 6.18 Å². The molecule has 0 aliphatic carbocycles. The number of hydrogen-bond donors (Lipinski definition) is 1. The lowest BCUT2D eigenvalue weighted by molar-refractivity contribution is -0.233. The highest BCUT2D eigenvalue weighted by Crippen LogP contribution is 2.40. The van der Waals surface area contributed by atoms with Crippen LogP contribution in [-0.2, 0) is 16.0 Å². The molecule has 30 heavy (non-hydrogen) atoms. The number of phenols is 1. The van der Waals surface area contributed by atoms with E-state index in [9.17, 15) is 18.3 Å². The molecule has 158 valence electrons. The normalized spacial score (nSPS) is 19.8. The van der Waals surface area contributed by atoms with Crippen molar-refractivity contribution in [2.24, 2.45) is 0 Å². The van der Waals surface area contributed by atoms with Gasteiger partial charge in [-0.3, -0.25) is 0 Å². The lowest BCUT2D eigenvalue weighted by Gasteiger charge is -2.28. The minimum Gasteiger partial charge on any atom is -0.508 e. The standard InChI is InChI=1S/C19H18F3N5O3/c20-19(21,22)14-18-23-13-16(26-4-7-29-8-5-26)24-15(11-2-1-3-12(28)10-11)25-17(13)27(18)6-9-30-14/h1-3,10,14,28H,4-9H2. The number of halogens is 3. The third kappa shape index (κ3) is 3.23. The molecule has 0 amide bonds. The quantitative estimate of drug-likeness (QED) is 0.681. The fourth-order valence-electron chi connectivity index (χ4n) is 3.77. The van der Waals surface area contributed by atoms with E-state index in [0.29, 0.717) is 54.7 Å². The van der Waals surface area contributed by atoms with E-state index in [1.54, 1.807) is 12.1 Å². The number of rotatable bonds is 2. The Balaban J connectivity index is 1.74. The molecule has 1 aromatic carbocycles. The highest BCUT2D eigenvalue weighted by Gasteiger charge is 2.47. The van der Waals surface area contributed by atoms with Gasteiger partial charge in [-0.1, -0.05) is 12.1 Å². The number of anilines is 1. The first-order valence-electron chi connectivity index (χ1n) is 9.50. The molecule has 11 heteroatoms. The average molecular weight is 421 g/mol. The number of imidazole rings is 1. The van der Waals surface area contributed by atoms with Gasteiger partial charge in [-0.05, 0) is 12.1 Å². The van der Waals surface area contributed by atoms with Crippen molar-refractivity contribution in [2.45, 2.75) is 18.8 Å². The molecule has 1 N–H and O–H groups in total. The summed E-state index contributed by atoms with van der Waals surface area (Å²) in [5.41, 5.74) is 1.18. The molecule has 1 fully saturated rings. The average Bonchev–Trinajstić information content (AvgIpc) is 3.11. The Bertz CT molecular complexity index is 1090. The van der Waals surface area contributed by atoms with Crippen LogP contribution in [0.1, 0.15) is 11.9 Å². The van der Waals surface area contributed by atoms with E-state index in [0.717, 1.165) is 0 Å². The van der Waals surface area contributed by atoms with Crippen molar-refractivity contribution in [3.63, 3.8) is 0 Å². The number of fused-ring (bicyclic) bond motifs is 3. The van der Waals surface area contributed by atoms with Gasteiger partial charge in [0.25, 0.3) is 0 Å². The van der Waals surface area contributed by atoms with Crippen LogP contribution < -0.4 is 4.90 Å². The van der Waals surface area contributed by atoms with Crippen LogP contribution in [-0.4, -0.2) is 63.7 Å². The number of morpholine rings is 1. The van der Waals surface area contributed by atoms with Crippen LogP contribution in [0.25, 0.3) is 22.6 Å². The second kappa shape index (κ2) is 7.10. The third-order valence-electron chi connectivity index (χ3n) is 5.15. The monoisotopic (exact) mass is 421 g/mol. The SMILES string of the molecule is Oc1cccc(-c2nc(N3CCOCC3)c3nc4n(c3n2)CCOC4C(F)(F)F)c1. The molecule has 1 saturated heterocycles. The van der Waals surface area contributed by atoms with E-state index in [1.165, 1.54) is 16.7 Å². The summed E-state index contributed by atoms with van der Waals surface area (Å²) in [4.78, 5) is 15.4. The Labute approximate surface area is 168 Å². The number of phenolic OH excluding ortho intramolecular Hbond substituents is 1. The molecule has 0 saturated carbocycles. The second-order valence-electron chi connectivity index (χ2n) is 7.11. The molecule has 5 rings (SSSR count). The Hall–Kier alpha value is -2.92. The highest BCUT2D eigenvalue weighted by atomic mass is 19.4. The summed E-state index contributed by atoms with van der Waals surface area (Å²) in [7, 11) is 0. The summed E-state index contributed by atoms with van der Waals surface area (Å²) < 4.78 is 52.4. The number of benzene rings is 1. The van der Waals surface area contributed by atoms with Gasteiger partial charge in [-0.15, -0.1) is 0 Å². The zero-order valence-electron chi connectivity index (χ0n) is 15.8. The Morgan fingerprint density at radius 1 is 1.03 bits per heavy atom. The first-order valence-corrected chi connectivity index (χ1v) is 9.50. The highest BCUT2D eigenvalue weighted by molar-refractivity contribution is 5.86. The summed E-state index contributed by atoms with van der Waals surface area (Å²) in [6.07, 6.45) is -6.69. The number of hydrogen-bond acceptors (Lipinski definition) is 7. The zero-order chi connectivity index (χ0) is 20.9. The van der Waals surface area contributed by atoms with Crippen molar-refractivity contribution in [3.8, 4) is 17.1 Å². The van der Waals surface area contributed by atoms with Gasteiger partial charge < -0.3 is 24.0 Å². The molecule has 1 unspecified atom stereocenters. The second-order valence-corrected chi connectivity index (χ2v) is 7.11. The maximum atomic E-state index is 13.5. The number of alkyl halides is 3. The predicted molar refractivity (Wildman–Crippen MR) is 100 cm³/mol. The van der Waals surface area contributed by atoms with E-state index in [2.05, 4.69) is 15.0 Å². The smallest absolute Gasteiger partial charge is 0.421 e. The summed E-state index contributed by atoms with van der Waals surface area (Å²) in [5, 5.41) is 9.84. The number of aromatic hydroxyl groups is 1. The molecule has 0 radical (unpaired) electrons. The fraction of sp³-hybridized carbons (Fsp3) is 0.421. The minimum absolute atomic E-state index is 0.0463. The van der Waals surface area contributed by atoms with E-state index < -0.39 is 12.3 Å². The molecular weight excluding hydrogens is 403 g/mol. The van der Waals surface area contributed by atoms with Crippen LogP contribution in [0.5, 0.6) is 5.75 Å². The van der Waals surface area contributed by atoms with Gasteiger partial charge in [-0.2, -0.15) is 13.2 Å². The summed E-state index contributed by atoms with van der Waals surface area (Å²) in [5.74, 6) is 0.577. The van der Waals surface area contributed by atoms with E-state index in [-0.39, 0.29) is 24.7 Å². The van der Waals surface area contributed by atoms with Gasteiger partial charge in [-0.25, -0.2) is 15.0 Å². The molecule has 0 bridgehead atoms. The first kappa shape index (κ1) is 19.1. The number of aromatic nitrogens is 4. The van der Waals surface area contributed by atoms with Crippen molar-refractivity contribution in [2.75, 3.05) is 37.8 Å². The molecule has 2 aliphatic heterocycles.